The zero-order valence-electron chi connectivity index (χ0n) is 9.25. The maximum absolute atomic E-state index is 11.9. The molecule has 1 aromatic carbocycles. The zero-order valence-corrected chi connectivity index (χ0v) is 10.1. The average Bonchev–Trinajstić information content (AvgIpc) is 2.16. The van der Waals surface area contributed by atoms with Gasteiger partial charge in [0.25, 0.3) is 10.0 Å². The Morgan fingerprint density at radius 2 is 1.47 bits per heavy atom. The lowest BCUT2D eigenvalue weighted by atomic mass is 10.3. The third kappa shape index (κ3) is 2.62. The van der Waals surface area contributed by atoms with E-state index in [1.807, 2.05) is 0 Å². The highest BCUT2D eigenvalue weighted by molar-refractivity contribution is 7.90. The molecule has 0 atom stereocenters. The molecule has 1 aromatic rings. The van der Waals surface area contributed by atoms with Crippen molar-refractivity contribution >= 4 is 21.8 Å². The summed E-state index contributed by atoms with van der Waals surface area (Å²) in [4.78, 5) is 22.1. The Hall–Kier alpha value is -1.89. The summed E-state index contributed by atoms with van der Waals surface area (Å²) in [6.07, 6.45) is 0. The van der Waals surface area contributed by atoms with E-state index in [1.54, 1.807) is 0 Å². The topological polar surface area (TPSA) is 91.8 Å². The molecule has 0 aliphatic carbocycles. The Morgan fingerprint density at radius 1 is 1.06 bits per heavy atom. The zero-order chi connectivity index (χ0) is 13.2. The first-order valence-electron chi connectivity index (χ1n) is 4.62. The van der Waals surface area contributed by atoms with Crippen molar-refractivity contribution in [3.8, 4) is 5.75 Å². The number of benzene rings is 1. The highest BCUT2D eigenvalue weighted by Gasteiger charge is 2.30. The highest BCUT2D eigenvalue weighted by Crippen LogP contribution is 2.19. The van der Waals surface area contributed by atoms with Gasteiger partial charge in [-0.25, -0.2) is 8.42 Å². The van der Waals surface area contributed by atoms with E-state index >= 15 is 0 Å². The van der Waals surface area contributed by atoms with Crippen LogP contribution >= 0.6 is 0 Å². The maximum Gasteiger partial charge on any atom is 0.273 e. The third-order valence-corrected chi connectivity index (χ3v) is 3.81. The monoisotopic (exact) mass is 257 g/mol. The van der Waals surface area contributed by atoms with Gasteiger partial charge in [-0.1, -0.05) is 0 Å². The Bertz CT molecular complexity index is 533. The SMILES string of the molecule is CC(=O)N(C(C)=O)S(=O)(=O)c1ccc(O)cc1. The Kier molecular flexibility index (Phi) is 3.52. The van der Waals surface area contributed by atoms with E-state index in [0.717, 1.165) is 38.1 Å². The fourth-order valence-corrected chi connectivity index (χ4v) is 2.65. The number of carbonyl (C=O) groups is 2. The molecule has 6 nitrogen and oxygen atoms in total. The predicted molar refractivity (Wildman–Crippen MR) is 58.5 cm³/mol. The van der Waals surface area contributed by atoms with Crippen molar-refractivity contribution in [1.82, 2.24) is 4.31 Å². The summed E-state index contributed by atoms with van der Waals surface area (Å²) in [5.41, 5.74) is 0. The van der Waals surface area contributed by atoms with Crippen molar-refractivity contribution in [3.63, 3.8) is 0 Å². The van der Waals surface area contributed by atoms with E-state index in [0.29, 0.717) is 0 Å². The van der Waals surface area contributed by atoms with Crippen LogP contribution in [0.2, 0.25) is 0 Å². The van der Waals surface area contributed by atoms with E-state index in [1.165, 1.54) is 0 Å². The molecule has 2 amide bonds. The first-order chi connectivity index (χ1) is 7.76. The summed E-state index contributed by atoms with van der Waals surface area (Å²) in [5, 5.41) is 9.04. The quantitative estimate of drug-likeness (QED) is 0.831. The molecule has 0 aliphatic rings. The number of imide groups is 1. The molecule has 17 heavy (non-hydrogen) atoms. The number of sulfonamides is 1. The second-order valence-corrected chi connectivity index (χ2v) is 5.09. The number of carbonyl (C=O) groups excluding carboxylic acids is 2. The van der Waals surface area contributed by atoms with E-state index in [4.69, 9.17) is 5.11 Å². The smallest absolute Gasteiger partial charge is 0.273 e. The van der Waals surface area contributed by atoms with Crippen molar-refractivity contribution in [2.75, 3.05) is 0 Å². The molecule has 7 heteroatoms. The molecule has 0 aliphatic heterocycles. The molecule has 0 saturated carbocycles. The molecule has 92 valence electrons. The van der Waals surface area contributed by atoms with Crippen LogP contribution in [0.3, 0.4) is 0 Å². The highest BCUT2D eigenvalue weighted by atomic mass is 32.2. The average molecular weight is 257 g/mol. The van der Waals surface area contributed by atoms with E-state index < -0.39 is 21.8 Å². The van der Waals surface area contributed by atoms with Gasteiger partial charge in [0.15, 0.2) is 0 Å². The first kappa shape index (κ1) is 13.2. The standard InChI is InChI=1S/C10H11NO5S/c1-7(12)11(8(2)13)17(15,16)10-5-3-9(14)4-6-10/h3-6,14H,1-2H3. The van der Waals surface area contributed by atoms with Crippen LogP contribution in [-0.2, 0) is 19.6 Å². The molecule has 0 bridgehead atoms. The van der Waals surface area contributed by atoms with Crippen LogP contribution in [0, 0.1) is 0 Å². The van der Waals surface area contributed by atoms with Crippen LogP contribution < -0.4 is 0 Å². The van der Waals surface area contributed by atoms with Crippen LogP contribution in [0.15, 0.2) is 29.2 Å². The van der Waals surface area contributed by atoms with Crippen LogP contribution in [0.25, 0.3) is 0 Å². The minimum absolute atomic E-state index is 0.110. The predicted octanol–water partition coefficient (Wildman–Crippen LogP) is 0.476. The van der Waals surface area contributed by atoms with Crippen molar-refractivity contribution in [3.05, 3.63) is 24.3 Å². The molecule has 0 saturated heterocycles. The van der Waals surface area contributed by atoms with Crippen LogP contribution in [0.1, 0.15) is 13.8 Å². The van der Waals surface area contributed by atoms with E-state index in [9.17, 15) is 18.0 Å². The van der Waals surface area contributed by atoms with Gasteiger partial charge < -0.3 is 5.11 Å². The Morgan fingerprint density at radius 3 is 1.82 bits per heavy atom. The Labute approximate surface area is 98.5 Å². The van der Waals surface area contributed by atoms with Gasteiger partial charge in [-0.05, 0) is 24.3 Å². The van der Waals surface area contributed by atoms with E-state index in [-0.39, 0.29) is 15.0 Å². The van der Waals surface area contributed by atoms with Gasteiger partial charge >= 0.3 is 0 Å². The molecule has 0 heterocycles. The van der Waals surface area contributed by atoms with Gasteiger partial charge in [-0.2, -0.15) is 4.31 Å². The number of hydrogen-bond acceptors (Lipinski definition) is 5. The summed E-state index contributed by atoms with van der Waals surface area (Å²) in [7, 11) is -4.19. The van der Waals surface area contributed by atoms with Crippen molar-refractivity contribution < 1.29 is 23.1 Å². The summed E-state index contributed by atoms with van der Waals surface area (Å²) < 4.78 is 24.0. The minimum atomic E-state index is -4.19. The van der Waals surface area contributed by atoms with Crippen LogP contribution in [-0.4, -0.2) is 29.6 Å². The number of rotatable bonds is 2. The molecular formula is C10H11NO5S. The maximum atomic E-state index is 11.9. The van der Waals surface area contributed by atoms with Gasteiger partial charge in [-0.3, -0.25) is 9.59 Å². The van der Waals surface area contributed by atoms with Crippen LogP contribution in [0.5, 0.6) is 5.75 Å². The van der Waals surface area contributed by atoms with Crippen molar-refractivity contribution in [2.45, 2.75) is 18.7 Å². The molecule has 0 spiro atoms. The molecule has 1 N–H and O–H groups in total. The van der Waals surface area contributed by atoms with Crippen LogP contribution in [0.4, 0.5) is 0 Å². The van der Waals surface area contributed by atoms with Gasteiger partial charge in [-0.15, -0.1) is 0 Å². The number of hydrogen-bond donors (Lipinski definition) is 1. The third-order valence-electron chi connectivity index (χ3n) is 1.95. The summed E-state index contributed by atoms with van der Waals surface area (Å²) >= 11 is 0. The van der Waals surface area contributed by atoms with E-state index in [2.05, 4.69) is 0 Å². The Balaban J connectivity index is 3.31. The number of amides is 2. The summed E-state index contributed by atoms with van der Waals surface area (Å²) in [6, 6.07) is 4.55. The molecule has 0 radical (unpaired) electrons. The lowest BCUT2D eigenvalue weighted by molar-refractivity contribution is -0.135. The number of nitrogens with zero attached hydrogens (tertiary/aromatic N) is 1. The lowest BCUT2D eigenvalue weighted by Crippen LogP contribution is -2.38. The lowest BCUT2D eigenvalue weighted by Gasteiger charge is -2.17. The molecule has 1 rings (SSSR count). The summed E-state index contributed by atoms with van der Waals surface area (Å²) in [5.74, 6) is -1.88. The number of phenols is 1. The molecule has 0 aromatic heterocycles. The molecule has 0 fully saturated rings. The molecule has 0 unspecified atom stereocenters. The van der Waals surface area contributed by atoms with Gasteiger partial charge in [0.1, 0.15) is 5.75 Å². The van der Waals surface area contributed by atoms with Crippen molar-refractivity contribution in [2.24, 2.45) is 0 Å². The fourth-order valence-electron chi connectivity index (χ4n) is 1.28. The fraction of sp³-hybridized carbons (Fsp3) is 0.200. The van der Waals surface area contributed by atoms with Gasteiger partial charge in [0, 0.05) is 13.8 Å². The summed E-state index contributed by atoms with van der Waals surface area (Å²) in [6.45, 7) is 1.97. The second-order valence-electron chi connectivity index (χ2n) is 3.30. The normalized spacial score (nSPS) is 10.9. The van der Waals surface area contributed by atoms with Gasteiger partial charge in [0.05, 0.1) is 4.90 Å². The minimum Gasteiger partial charge on any atom is -0.508 e. The van der Waals surface area contributed by atoms with Gasteiger partial charge in [0.2, 0.25) is 11.8 Å². The first-order valence-corrected chi connectivity index (χ1v) is 6.06. The van der Waals surface area contributed by atoms with Crippen molar-refractivity contribution in [1.29, 1.82) is 0 Å². The largest absolute Gasteiger partial charge is 0.508 e. The number of phenolic OH excluding ortho intramolecular Hbond substituents is 1. The number of aromatic hydroxyl groups is 1. The second kappa shape index (κ2) is 4.54. The molecular weight excluding hydrogens is 246 g/mol.